The predicted molar refractivity (Wildman–Crippen MR) is 84.9 cm³/mol. The third-order valence-corrected chi connectivity index (χ3v) is 4.15. The average Bonchev–Trinajstić information content (AvgIpc) is 2.53. The molecule has 0 saturated carbocycles. The molecule has 2 heterocycles. The molecule has 1 aliphatic rings. The van der Waals surface area contributed by atoms with Gasteiger partial charge in [-0.15, -0.1) is 0 Å². The van der Waals surface area contributed by atoms with E-state index in [-0.39, 0.29) is 11.3 Å². The van der Waals surface area contributed by atoms with Gasteiger partial charge in [0.15, 0.2) is 11.3 Å². The van der Waals surface area contributed by atoms with Crippen LogP contribution in [0.5, 0.6) is 5.75 Å². The number of hydrogen-bond donors (Lipinski definition) is 2. The molecule has 1 fully saturated rings. The first-order valence-electron chi connectivity index (χ1n) is 7.60. The lowest BCUT2D eigenvalue weighted by molar-refractivity contribution is -0.305. The zero-order valence-electron chi connectivity index (χ0n) is 13.6. The standard InChI is InChI=1S/C17H20O7/c1-17(2)15(21-3)12(19)13(20)16(24-17)22-10-6-4-5-9-7-8-11(18)23-14(9)10/h4-8,12-13,15-16,19-20H,1-3H3/t12?,13-,15+,16?/m0/s1. The van der Waals surface area contributed by atoms with Crippen LogP contribution in [0, 0.1) is 0 Å². The van der Waals surface area contributed by atoms with Gasteiger partial charge in [-0.25, -0.2) is 4.79 Å². The van der Waals surface area contributed by atoms with E-state index in [9.17, 15) is 15.0 Å². The first kappa shape index (κ1) is 16.9. The van der Waals surface area contributed by atoms with E-state index >= 15 is 0 Å². The minimum atomic E-state index is -1.33. The van der Waals surface area contributed by atoms with Gasteiger partial charge < -0.3 is 28.8 Å². The summed E-state index contributed by atoms with van der Waals surface area (Å²) < 4.78 is 21.9. The second-order valence-corrected chi connectivity index (χ2v) is 6.27. The molecule has 0 radical (unpaired) electrons. The number of aliphatic hydroxyl groups is 2. The minimum Gasteiger partial charge on any atom is -0.458 e. The molecule has 24 heavy (non-hydrogen) atoms. The highest BCUT2D eigenvalue weighted by Gasteiger charge is 2.50. The highest BCUT2D eigenvalue weighted by atomic mass is 16.7. The minimum absolute atomic E-state index is 0.244. The predicted octanol–water partition coefficient (Wildman–Crippen LogP) is 1.04. The molecule has 0 aliphatic carbocycles. The second kappa shape index (κ2) is 6.18. The summed E-state index contributed by atoms with van der Waals surface area (Å²) in [6.07, 6.45) is -4.37. The van der Waals surface area contributed by atoms with E-state index in [1.165, 1.54) is 13.2 Å². The zero-order valence-corrected chi connectivity index (χ0v) is 13.6. The van der Waals surface area contributed by atoms with Crippen LogP contribution in [-0.2, 0) is 9.47 Å². The number of para-hydroxylation sites is 1. The monoisotopic (exact) mass is 336 g/mol. The molecule has 2 unspecified atom stereocenters. The number of benzene rings is 1. The van der Waals surface area contributed by atoms with E-state index in [0.717, 1.165) is 0 Å². The molecular weight excluding hydrogens is 316 g/mol. The Morgan fingerprint density at radius 3 is 2.58 bits per heavy atom. The van der Waals surface area contributed by atoms with Gasteiger partial charge in [-0.2, -0.15) is 0 Å². The molecule has 1 aromatic heterocycles. The van der Waals surface area contributed by atoms with Crippen LogP contribution in [0.3, 0.4) is 0 Å². The Morgan fingerprint density at radius 1 is 1.12 bits per heavy atom. The van der Waals surface area contributed by atoms with E-state index in [2.05, 4.69) is 0 Å². The third-order valence-electron chi connectivity index (χ3n) is 4.15. The zero-order chi connectivity index (χ0) is 17.5. The van der Waals surface area contributed by atoms with Gasteiger partial charge in [0.1, 0.15) is 18.3 Å². The molecule has 3 rings (SSSR count). The van der Waals surface area contributed by atoms with Gasteiger partial charge >= 0.3 is 5.63 Å². The number of ether oxygens (including phenoxy) is 3. The van der Waals surface area contributed by atoms with Crippen LogP contribution in [0.2, 0.25) is 0 Å². The van der Waals surface area contributed by atoms with Crippen molar-refractivity contribution in [2.75, 3.05) is 7.11 Å². The Labute approximate surface area is 138 Å². The van der Waals surface area contributed by atoms with Gasteiger partial charge in [-0.05, 0) is 26.0 Å². The average molecular weight is 336 g/mol. The van der Waals surface area contributed by atoms with Crippen LogP contribution in [0.1, 0.15) is 13.8 Å². The number of aliphatic hydroxyl groups excluding tert-OH is 2. The lowest BCUT2D eigenvalue weighted by Gasteiger charge is -2.46. The fraction of sp³-hybridized carbons (Fsp3) is 0.471. The lowest BCUT2D eigenvalue weighted by Crippen LogP contribution is -2.63. The highest BCUT2D eigenvalue weighted by Crippen LogP contribution is 2.34. The molecule has 4 atom stereocenters. The van der Waals surface area contributed by atoms with Crippen LogP contribution >= 0.6 is 0 Å². The van der Waals surface area contributed by atoms with Crippen molar-refractivity contribution in [3.05, 3.63) is 40.8 Å². The Bertz CT molecular complexity index is 782. The van der Waals surface area contributed by atoms with Gasteiger partial charge in [0.25, 0.3) is 0 Å². The molecule has 0 bridgehead atoms. The largest absolute Gasteiger partial charge is 0.458 e. The van der Waals surface area contributed by atoms with Gasteiger partial charge in [-0.1, -0.05) is 12.1 Å². The molecule has 7 nitrogen and oxygen atoms in total. The summed E-state index contributed by atoms with van der Waals surface area (Å²) in [5.74, 6) is 0.244. The number of hydrogen-bond acceptors (Lipinski definition) is 7. The summed E-state index contributed by atoms with van der Waals surface area (Å²) in [7, 11) is 1.44. The summed E-state index contributed by atoms with van der Waals surface area (Å²) in [6, 6.07) is 8.03. The van der Waals surface area contributed by atoms with Crippen molar-refractivity contribution in [1.29, 1.82) is 0 Å². The first-order chi connectivity index (χ1) is 11.3. The van der Waals surface area contributed by atoms with E-state index in [4.69, 9.17) is 18.6 Å². The summed E-state index contributed by atoms with van der Waals surface area (Å²) in [5.41, 5.74) is -1.14. The molecular formula is C17H20O7. The number of fused-ring (bicyclic) bond motifs is 1. The topological polar surface area (TPSA) is 98.4 Å². The van der Waals surface area contributed by atoms with Crippen molar-refractivity contribution in [2.45, 2.75) is 44.1 Å². The van der Waals surface area contributed by atoms with Gasteiger partial charge in [0.2, 0.25) is 6.29 Å². The van der Waals surface area contributed by atoms with E-state index < -0.39 is 35.8 Å². The molecule has 1 saturated heterocycles. The number of rotatable bonds is 3. The first-order valence-corrected chi connectivity index (χ1v) is 7.60. The van der Waals surface area contributed by atoms with Crippen molar-refractivity contribution < 1.29 is 28.8 Å². The fourth-order valence-corrected chi connectivity index (χ4v) is 2.99. The molecule has 0 amide bonds. The molecule has 0 spiro atoms. The van der Waals surface area contributed by atoms with Crippen LogP contribution in [0.15, 0.2) is 39.5 Å². The van der Waals surface area contributed by atoms with Crippen molar-refractivity contribution in [3.63, 3.8) is 0 Å². The van der Waals surface area contributed by atoms with Gasteiger partial charge in [0, 0.05) is 18.6 Å². The summed E-state index contributed by atoms with van der Waals surface area (Å²) in [5, 5.41) is 21.2. The molecule has 130 valence electrons. The van der Waals surface area contributed by atoms with Crippen LogP contribution in [0.4, 0.5) is 0 Å². The molecule has 2 aromatic rings. The molecule has 2 N–H and O–H groups in total. The van der Waals surface area contributed by atoms with Crippen molar-refractivity contribution in [3.8, 4) is 5.75 Å². The normalized spacial score (nSPS) is 29.5. The maximum absolute atomic E-state index is 11.5. The molecule has 1 aliphatic heterocycles. The fourth-order valence-electron chi connectivity index (χ4n) is 2.99. The summed E-state index contributed by atoms with van der Waals surface area (Å²) in [6.45, 7) is 3.46. The smallest absolute Gasteiger partial charge is 0.336 e. The van der Waals surface area contributed by atoms with Gasteiger partial charge in [0.05, 0.1) is 5.60 Å². The van der Waals surface area contributed by atoms with Gasteiger partial charge in [-0.3, -0.25) is 0 Å². The van der Waals surface area contributed by atoms with Crippen molar-refractivity contribution >= 4 is 11.0 Å². The Hall–Kier alpha value is -1.93. The van der Waals surface area contributed by atoms with Crippen LogP contribution in [-0.4, -0.2) is 47.5 Å². The Kier molecular flexibility index (Phi) is 4.35. The van der Waals surface area contributed by atoms with Crippen molar-refractivity contribution in [1.82, 2.24) is 0 Å². The Balaban J connectivity index is 1.94. The maximum Gasteiger partial charge on any atom is 0.336 e. The summed E-state index contributed by atoms with van der Waals surface area (Å²) in [4.78, 5) is 11.5. The van der Waals surface area contributed by atoms with E-state index in [1.807, 2.05) is 0 Å². The Morgan fingerprint density at radius 2 is 1.88 bits per heavy atom. The van der Waals surface area contributed by atoms with Crippen LogP contribution in [0.25, 0.3) is 11.0 Å². The van der Waals surface area contributed by atoms with Crippen molar-refractivity contribution in [2.24, 2.45) is 0 Å². The lowest BCUT2D eigenvalue weighted by atomic mass is 9.89. The third kappa shape index (κ3) is 2.91. The molecule has 1 aromatic carbocycles. The SMILES string of the molecule is CO[C@@H]1C(O)[C@H](O)C(Oc2cccc3ccc(=O)oc23)OC1(C)C. The van der Waals surface area contributed by atoms with E-state index in [1.54, 1.807) is 38.1 Å². The number of methoxy groups -OCH3 is 1. The highest BCUT2D eigenvalue weighted by molar-refractivity contribution is 5.82. The quantitative estimate of drug-likeness (QED) is 0.808. The summed E-state index contributed by atoms with van der Waals surface area (Å²) >= 11 is 0. The molecule has 7 heteroatoms. The second-order valence-electron chi connectivity index (χ2n) is 6.27. The van der Waals surface area contributed by atoms with Crippen LogP contribution < -0.4 is 10.4 Å². The maximum atomic E-state index is 11.5. The van der Waals surface area contributed by atoms with E-state index in [0.29, 0.717) is 5.39 Å².